The van der Waals surface area contributed by atoms with Gasteiger partial charge >= 0.3 is 6.03 Å². The van der Waals surface area contributed by atoms with Crippen molar-refractivity contribution in [2.75, 3.05) is 30.8 Å². The molecule has 2 aromatic carbocycles. The minimum atomic E-state index is -4.10. The number of phenols is 2. The number of sulfonamides is 1. The molecule has 31 heavy (non-hydrogen) atoms. The predicted octanol–water partition coefficient (Wildman–Crippen LogP) is 2.62. The standard InChI is InChI=1S/C20H23ClN4O5S/c1-22-9-16-12-8-11(12)10-25(16)31(29,30)19-13(21)6-7-15(18(19)27)24-20(28)23-14-4-2-3-5-17(14)26/h2-7,11-12,16,22,26-27H,8-10H2,1H3,(H2,23,24,28)/t11?,12?,16-/m1/s1. The fourth-order valence-corrected chi connectivity index (χ4v) is 6.46. The topological polar surface area (TPSA) is 131 Å². The highest BCUT2D eigenvalue weighted by Crippen LogP contribution is 2.52. The number of urea groups is 1. The highest BCUT2D eigenvalue weighted by molar-refractivity contribution is 7.89. The molecule has 1 aliphatic heterocycles. The number of phenolic OH excluding ortho intramolecular Hbond substituents is 2. The van der Waals surface area contributed by atoms with Crippen molar-refractivity contribution in [3.63, 3.8) is 0 Å². The lowest BCUT2D eigenvalue weighted by Gasteiger charge is -2.27. The maximum absolute atomic E-state index is 13.4. The lowest BCUT2D eigenvalue weighted by atomic mass is 10.2. The number of carbonyl (C=O) groups is 1. The molecule has 0 aromatic heterocycles. The van der Waals surface area contributed by atoms with Gasteiger partial charge < -0.3 is 26.2 Å². The van der Waals surface area contributed by atoms with Gasteiger partial charge in [-0.15, -0.1) is 0 Å². The molecule has 2 amide bonds. The summed E-state index contributed by atoms with van der Waals surface area (Å²) in [7, 11) is -2.34. The maximum Gasteiger partial charge on any atom is 0.323 e. The highest BCUT2D eigenvalue weighted by atomic mass is 35.5. The van der Waals surface area contributed by atoms with Gasteiger partial charge in [0.05, 0.1) is 16.4 Å². The van der Waals surface area contributed by atoms with Crippen LogP contribution in [0.15, 0.2) is 41.3 Å². The van der Waals surface area contributed by atoms with Crippen molar-refractivity contribution >= 4 is 39.0 Å². The molecule has 166 valence electrons. The van der Waals surface area contributed by atoms with Gasteiger partial charge in [0.2, 0.25) is 10.0 Å². The fraction of sp³-hybridized carbons (Fsp3) is 0.350. The molecule has 1 heterocycles. The highest BCUT2D eigenvalue weighted by Gasteiger charge is 2.56. The molecule has 2 aromatic rings. The van der Waals surface area contributed by atoms with Crippen LogP contribution in [-0.4, -0.2) is 55.1 Å². The number of rotatable bonds is 6. The number of carbonyl (C=O) groups excluding carboxylic acids is 1. The van der Waals surface area contributed by atoms with E-state index >= 15 is 0 Å². The van der Waals surface area contributed by atoms with Crippen LogP contribution in [0.25, 0.3) is 0 Å². The van der Waals surface area contributed by atoms with E-state index in [9.17, 15) is 23.4 Å². The first-order chi connectivity index (χ1) is 14.7. The Morgan fingerprint density at radius 2 is 1.87 bits per heavy atom. The van der Waals surface area contributed by atoms with Gasteiger partial charge in [0.1, 0.15) is 10.6 Å². The van der Waals surface area contributed by atoms with Gasteiger partial charge in [-0.2, -0.15) is 4.31 Å². The van der Waals surface area contributed by atoms with Crippen molar-refractivity contribution in [3.8, 4) is 11.5 Å². The molecule has 0 bridgehead atoms. The van der Waals surface area contributed by atoms with Crippen molar-refractivity contribution in [1.82, 2.24) is 9.62 Å². The van der Waals surface area contributed by atoms with E-state index in [1.54, 1.807) is 19.2 Å². The molecular weight excluding hydrogens is 444 g/mol. The zero-order chi connectivity index (χ0) is 22.3. The molecule has 1 saturated carbocycles. The van der Waals surface area contributed by atoms with Crippen molar-refractivity contribution in [3.05, 3.63) is 41.4 Å². The van der Waals surface area contributed by atoms with Crippen LogP contribution in [0.1, 0.15) is 6.42 Å². The smallest absolute Gasteiger partial charge is 0.323 e. The number of anilines is 2. The lowest BCUT2D eigenvalue weighted by Crippen LogP contribution is -2.43. The van der Waals surface area contributed by atoms with Crippen LogP contribution >= 0.6 is 11.6 Å². The van der Waals surface area contributed by atoms with Crippen LogP contribution in [0.2, 0.25) is 5.02 Å². The number of hydrogen-bond donors (Lipinski definition) is 5. The lowest BCUT2D eigenvalue weighted by molar-refractivity contribution is 0.262. The molecule has 1 saturated heterocycles. The van der Waals surface area contributed by atoms with E-state index in [-0.39, 0.29) is 28.2 Å². The summed E-state index contributed by atoms with van der Waals surface area (Å²) in [5.74, 6) is -0.151. The maximum atomic E-state index is 13.4. The Morgan fingerprint density at radius 1 is 1.16 bits per heavy atom. The van der Waals surface area contributed by atoms with Crippen molar-refractivity contribution < 1.29 is 23.4 Å². The fourth-order valence-electron chi connectivity index (χ4n) is 4.14. The second-order valence-electron chi connectivity index (χ2n) is 7.73. The van der Waals surface area contributed by atoms with Gasteiger partial charge in [-0.25, -0.2) is 13.2 Å². The summed E-state index contributed by atoms with van der Waals surface area (Å²) in [6, 6.07) is 7.78. The third kappa shape index (κ3) is 4.03. The molecule has 1 aliphatic carbocycles. The first-order valence-electron chi connectivity index (χ1n) is 9.78. The number of hydrogen-bond acceptors (Lipinski definition) is 6. The monoisotopic (exact) mass is 466 g/mol. The van der Waals surface area contributed by atoms with E-state index < -0.39 is 26.7 Å². The Balaban J connectivity index is 1.60. The van der Waals surface area contributed by atoms with Gasteiger partial charge in [0, 0.05) is 19.1 Å². The molecule has 2 unspecified atom stereocenters. The molecule has 0 spiro atoms. The summed E-state index contributed by atoms with van der Waals surface area (Å²) in [4.78, 5) is 11.9. The molecule has 0 radical (unpaired) electrons. The minimum absolute atomic E-state index is 0.120. The number of para-hydroxylation sites is 2. The van der Waals surface area contributed by atoms with Gasteiger partial charge in [-0.1, -0.05) is 23.7 Å². The number of halogens is 1. The van der Waals surface area contributed by atoms with Crippen molar-refractivity contribution in [2.45, 2.75) is 17.4 Å². The number of benzene rings is 2. The van der Waals surface area contributed by atoms with Crippen LogP contribution in [0.3, 0.4) is 0 Å². The normalized spacial score (nSPS) is 22.7. The second-order valence-corrected chi connectivity index (χ2v) is 9.96. The Bertz CT molecular complexity index is 1130. The summed E-state index contributed by atoms with van der Waals surface area (Å²) in [6.07, 6.45) is 0.992. The Morgan fingerprint density at radius 3 is 2.58 bits per heavy atom. The summed E-state index contributed by atoms with van der Waals surface area (Å²) in [6.45, 7) is 0.875. The van der Waals surface area contributed by atoms with E-state index in [4.69, 9.17) is 11.6 Å². The number of amides is 2. The van der Waals surface area contributed by atoms with Gasteiger partial charge in [-0.3, -0.25) is 0 Å². The van der Waals surface area contributed by atoms with Crippen molar-refractivity contribution in [1.29, 1.82) is 0 Å². The van der Waals surface area contributed by atoms with Gasteiger partial charge in [-0.05, 0) is 49.6 Å². The first-order valence-corrected chi connectivity index (χ1v) is 11.6. The summed E-state index contributed by atoms with van der Waals surface area (Å²) >= 11 is 6.18. The molecule has 5 N–H and O–H groups in total. The summed E-state index contributed by atoms with van der Waals surface area (Å²) in [5.41, 5.74) is 0.0397. The Kier molecular flexibility index (Phi) is 5.73. The molecule has 2 aliphatic rings. The summed E-state index contributed by atoms with van der Waals surface area (Å²) < 4.78 is 28.2. The molecule has 4 rings (SSSR count). The number of nitrogens with one attached hydrogen (secondary N) is 3. The summed E-state index contributed by atoms with van der Waals surface area (Å²) in [5, 5.41) is 28.3. The molecule has 3 atom stereocenters. The molecule has 11 heteroatoms. The predicted molar refractivity (Wildman–Crippen MR) is 117 cm³/mol. The molecule has 2 fully saturated rings. The molecule has 9 nitrogen and oxygen atoms in total. The largest absolute Gasteiger partial charge is 0.506 e. The second kappa shape index (κ2) is 8.19. The number of aromatic hydroxyl groups is 2. The average molecular weight is 467 g/mol. The van der Waals surface area contributed by atoms with Crippen LogP contribution < -0.4 is 16.0 Å². The zero-order valence-corrected chi connectivity index (χ0v) is 18.2. The minimum Gasteiger partial charge on any atom is -0.506 e. The van der Waals surface area contributed by atoms with E-state index in [2.05, 4.69) is 16.0 Å². The van der Waals surface area contributed by atoms with Gasteiger partial charge in [0.25, 0.3) is 0 Å². The van der Waals surface area contributed by atoms with Crippen LogP contribution in [0.4, 0.5) is 16.2 Å². The number of nitrogens with zero attached hydrogens (tertiary/aromatic N) is 1. The third-order valence-electron chi connectivity index (χ3n) is 5.72. The van der Waals surface area contributed by atoms with E-state index in [1.807, 2.05) is 0 Å². The molecular formula is C20H23ClN4O5S. The Labute approximate surface area is 185 Å². The Hall–Kier alpha value is -2.53. The van der Waals surface area contributed by atoms with E-state index in [0.29, 0.717) is 24.9 Å². The van der Waals surface area contributed by atoms with Crippen LogP contribution in [0, 0.1) is 11.8 Å². The van der Waals surface area contributed by atoms with E-state index in [1.165, 1.54) is 28.6 Å². The van der Waals surface area contributed by atoms with Crippen molar-refractivity contribution in [2.24, 2.45) is 11.8 Å². The van der Waals surface area contributed by atoms with Gasteiger partial charge in [0.15, 0.2) is 5.75 Å². The quantitative estimate of drug-likeness (QED) is 0.416. The van der Waals surface area contributed by atoms with Crippen LogP contribution in [-0.2, 0) is 10.0 Å². The first kappa shape index (κ1) is 21.7. The number of fused-ring (bicyclic) bond motifs is 1. The third-order valence-corrected chi connectivity index (χ3v) is 8.11. The number of piperidine rings is 1. The SMILES string of the molecule is CNC[C@@H]1C2CC2CN1S(=O)(=O)c1c(Cl)ccc(NC(=O)Nc2ccccc2O)c1O. The number of likely N-dealkylation sites (N-methyl/N-ethyl adjacent to an activating group) is 1. The zero-order valence-electron chi connectivity index (χ0n) is 16.7. The van der Waals surface area contributed by atoms with Crippen LogP contribution in [0.5, 0.6) is 11.5 Å². The average Bonchev–Trinajstić information content (AvgIpc) is 3.39. The van der Waals surface area contributed by atoms with E-state index in [0.717, 1.165) is 6.42 Å².